The lowest BCUT2D eigenvalue weighted by Gasteiger charge is -2.25. The first kappa shape index (κ1) is 13.0. The summed E-state index contributed by atoms with van der Waals surface area (Å²) in [6.45, 7) is 7.80. The van der Waals surface area contributed by atoms with Gasteiger partial charge in [0.2, 0.25) is 0 Å². The van der Waals surface area contributed by atoms with Gasteiger partial charge in [0.25, 0.3) is 0 Å². The van der Waals surface area contributed by atoms with Gasteiger partial charge >= 0.3 is 5.97 Å². The molecule has 1 aromatic rings. The van der Waals surface area contributed by atoms with E-state index in [4.69, 9.17) is 16.7 Å². The molecule has 0 fully saturated rings. The summed E-state index contributed by atoms with van der Waals surface area (Å²) in [6.07, 6.45) is 0.0786. The molecule has 0 aliphatic rings. The average Bonchev–Trinajstić information content (AvgIpc) is 2.08. The van der Waals surface area contributed by atoms with Gasteiger partial charge in [-0.2, -0.15) is 0 Å². The summed E-state index contributed by atoms with van der Waals surface area (Å²) < 4.78 is 0. The highest BCUT2D eigenvalue weighted by Gasteiger charge is 2.26. The first-order valence-corrected chi connectivity index (χ1v) is 5.61. The Morgan fingerprint density at radius 3 is 2.31 bits per heavy atom. The molecule has 0 unspecified atom stereocenters. The molecule has 2 nitrogen and oxygen atoms in total. The molecule has 0 radical (unpaired) electrons. The molecule has 1 aromatic carbocycles. The topological polar surface area (TPSA) is 37.3 Å². The third-order valence-corrected chi connectivity index (χ3v) is 3.22. The van der Waals surface area contributed by atoms with Crippen molar-refractivity contribution in [2.24, 2.45) is 0 Å². The molecule has 0 amide bonds. The van der Waals surface area contributed by atoms with Gasteiger partial charge in [-0.15, -0.1) is 0 Å². The summed E-state index contributed by atoms with van der Waals surface area (Å²) in [7, 11) is 0. The quantitative estimate of drug-likeness (QED) is 0.875. The highest BCUT2D eigenvalue weighted by atomic mass is 35.5. The summed E-state index contributed by atoms with van der Waals surface area (Å²) in [6, 6.07) is 3.89. The molecule has 0 aliphatic carbocycles. The van der Waals surface area contributed by atoms with Crippen LogP contribution in [0.3, 0.4) is 0 Å². The maximum Gasteiger partial charge on any atom is 0.304 e. The van der Waals surface area contributed by atoms with Crippen molar-refractivity contribution in [3.05, 3.63) is 33.8 Å². The second-order valence-corrected chi connectivity index (χ2v) is 5.28. The zero-order valence-corrected chi connectivity index (χ0v) is 10.9. The maximum absolute atomic E-state index is 10.8. The van der Waals surface area contributed by atoms with Crippen molar-refractivity contribution in [1.29, 1.82) is 0 Å². The smallest absolute Gasteiger partial charge is 0.304 e. The van der Waals surface area contributed by atoms with Gasteiger partial charge in [-0.25, -0.2) is 0 Å². The number of aryl methyl sites for hydroxylation is 2. The number of carbonyl (C=O) groups is 1. The number of carboxylic acids is 1. The molecule has 0 atom stereocenters. The van der Waals surface area contributed by atoms with Gasteiger partial charge < -0.3 is 5.11 Å². The number of rotatable bonds is 3. The molecule has 1 N–H and O–H groups in total. The largest absolute Gasteiger partial charge is 0.481 e. The van der Waals surface area contributed by atoms with Crippen LogP contribution in [-0.4, -0.2) is 11.1 Å². The van der Waals surface area contributed by atoms with Crippen LogP contribution in [0.1, 0.15) is 37.0 Å². The Hall–Kier alpha value is -1.02. The monoisotopic (exact) mass is 240 g/mol. The van der Waals surface area contributed by atoms with E-state index in [2.05, 4.69) is 0 Å². The number of hydrogen-bond acceptors (Lipinski definition) is 1. The van der Waals surface area contributed by atoms with Crippen molar-refractivity contribution in [3.8, 4) is 0 Å². The van der Waals surface area contributed by atoms with E-state index >= 15 is 0 Å². The number of hydrogen-bond donors (Lipinski definition) is 1. The summed E-state index contributed by atoms with van der Waals surface area (Å²) in [5, 5.41) is 9.53. The van der Waals surface area contributed by atoms with Gasteiger partial charge in [-0.1, -0.05) is 31.5 Å². The summed E-state index contributed by atoms with van der Waals surface area (Å²) >= 11 is 6.18. The van der Waals surface area contributed by atoms with Crippen LogP contribution in [0.4, 0.5) is 0 Å². The predicted octanol–water partition coefficient (Wildman–Crippen LogP) is 3.71. The lowest BCUT2D eigenvalue weighted by atomic mass is 9.80. The SMILES string of the molecule is Cc1cc(Cl)c(C(C)(C)CC(=O)O)cc1C. The standard InChI is InChI=1S/C13H17ClO2/c1-8-5-10(11(14)6-9(8)2)13(3,4)7-12(15)16/h5-6H,7H2,1-4H3,(H,15,16). The minimum atomic E-state index is -0.806. The van der Waals surface area contributed by atoms with Crippen LogP contribution in [0.15, 0.2) is 12.1 Å². The van der Waals surface area contributed by atoms with Gasteiger partial charge in [0.15, 0.2) is 0 Å². The van der Waals surface area contributed by atoms with Crippen LogP contribution in [0.25, 0.3) is 0 Å². The Labute approximate surface area is 101 Å². The molecule has 3 heteroatoms. The van der Waals surface area contributed by atoms with E-state index in [-0.39, 0.29) is 6.42 Å². The molecule has 0 heterocycles. The van der Waals surface area contributed by atoms with Crippen LogP contribution in [0.2, 0.25) is 5.02 Å². The molecule has 16 heavy (non-hydrogen) atoms. The van der Waals surface area contributed by atoms with Crippen molar-refractivity contribution in [1.82, 2.24) is 0 Å². The van der Waals surface area contributed by atoms with E-state index in [1.165, 1.54) is 0 Å². The minimum absolute atomic E-state index is 0.0786. The Morgan fingerprint density at radius 1 is 1.31 bits per heavy atom. The van der Waals surface area contributed by atoms with Gasteiger partial charge in [0, 0.05) is 10.4 Å². The summed E-state index contributed by atoms with van der Waals surface area (Å²) in [4.78, 5) is 10.8. The molecule has 1 rings (SSSR count). The molecule has 88 valence electrons. The van der Waals surface area contributed by atoms with E-state index < -0.39 is 11.4 Å². The highest BCUT2D eigenvalue weighted by Crippen LogP contribution is 2.34. The van der Waals surface area contributed by atoms with E-state index in [0.717, 1.165) is 16.7 Å². The fourth-order valence-electron chi connectivity index (χ4n) is 1.77. The maximum atomic E-state index is 10.8. The molecule has 0 aliphatic heterocycles. The Morgan fingerprint density at radius 2 is 1.81 bits per heavy atom. The Bertz CT molecular complexity index is 422. The molecule has 0 aromatic heterocycles. The summed E-state index contributed by atoms with van der Waals surface area (Å²) in [5.74, 6) is -0.806. The second kappa shape index (κ2) is 4.46. The van der Waals surface area contributed by atoms with Gasteiger partial charge in [0.05, 0.1) is 6.42 Å². The van der Waals surface area contributed by atoms with Crippen LogP contribution in [0.5, 0.6) is 0 Å². The van der Waals surface area contributed by atoms with E-state index in [9.17, 15) is 4.79 Å². The van der Waals surface area contributed by atoms with Crippen molar-refractivity contribution in [2.75, 3.05) is 0 Å². The normalized spacial score (nSPS) is 11.6. The van der Waals surface area contributed by atoms with Crippen molar-refractivity contribution >= 4 is 17.6 Å². The van der Waals surface area contributed by atoms with E-state index in [1.807, 2.05) is 39.8 Å². The number of carboxylic acid groups (broad SMARTS) is 1. The average molecular weight is 241 g/mol. The fraction of sp³-hybridized carbons (Fsp3) is 0.462. The van der Waals surface area contributed by atoms with Gasteiger partial charge in [0.1, 0.15) is 0 Å². The number of aliphatic carboxylic acids is 1. The van der Waals surface area contributed by atoms with Crippen molar-refractivity contribution in [2.45, 2.75) is 39.5 Å². The van der Waals surface area contributed by atoms with Crippen LogP contribution in [0, 0.1) is 13.8 Å². The highest BCUT2D eigenvalue weighted by molar-refractivity contribution is 6.31. The van der Waals surface area contributed by atoms with Crippen molar-refractivity contribution in [3.63, 3.8) is 0 Å². The lowest BCUT2D eigenvalue weighted by Crippen LogP contribution is -2.22. The van der Waals surface area contributed by atoms with Crippen LogP contribution < -0.4 is 0 Å². The molecule has 0 spiro atoms. The Kier molecular flexibility index (Phi) is 3.64. The number of benzene rings is 1. The zero-order valence-electron chi connectivity index (χ0n) is 10.1. The third kappa shape index (κ3) is 2.76. The third-order valence-electron chi connectivity index (χ3n) is 2.91. The van der Waals surface area contributed by atoms with Gasteiger partial charge in [-0.3, -0.25) is 4.79 Å². The zero-order chi connectivity index (χ0) is 12.5. The number of halogens is 1. The lowest BCUT2D eigenvalue weighted by molar-refractivity contribution is -0.138. The summed E-state index contributed by atoms with van der Waals surface area (Å²) in [5.41, 5.74) is 2.72. The van der Waals surface area contributed by atoms with Gasteiger partial charge in [-0.05, 0) is 36.6 Å². The first-order chi connectivity index (χ1) is 7.24. The second-order valence-electron chi connectivity index (χ2n) is 4.87. The molecule has 0 saturated carbocycles. The van der Waals surface area contributed by atoms with E-state index in [0.29, 0.717) is 5.02 Å². The molecule has 0 bridgehead atoms. The predicted molar refractivity (Wildman–Crippen MR) is 66.2 cm³/mol. The molecular formula is C13H17ClO2. The fourth-order valence-corrected chi connectivity index (χ4v) is 2.25. The van der Waals surface area contributed by atoms with Crippen LogP contribution in [-0.2, 0) is 10.2 Å². The van der Waals surface area contributed by atoms with E-state index in [1.54, 1.807) is 0 Å². The van der Waals surface area contributed by atoms with Crippen LogP contribution >= 0.6 is 11.6 Å². The molecular weight excluding hydrogens is 224 g/mol. The molecule has 0 saturated heterocycles. The first-order valence-electron chi connectivity index (χ1n) is 5.23. The Balaban J connectivity index is 3.22. The minimum Gasteiger partial charge on any atom is -0.481 e. The van der Waals surface area contributed by atoms with Crippen molar-refractivity contribution < 1.29 is 9.90 Å².